The number of hydrogen-bond donors (Lipinski definition) is 3. The van der Waals surface area contributed by atoms with E-state index in [1.807, 2.05) is 0 Å². The molecule has 0 atom stereocenters. The second-order valence-electron chi connectivity index (χ2n) is 5.76. The zero-order chi connectivity index (χ0) is 20.1. The van der Waals surface area contributed by atoms with Crippen molar-refractivity contribution in [1.29, 1.82) is 0 Å². The Labute approximate surface area is 158 Å². The Morgan fingerprint density at radius 2 is 1.89 bits per heavy atom. The van der Waals surface area contributed by atoms with Gasteiger partial charge in [0.15, 0.2) is 29.0 Å². The van der Waals surface area contributed by atoms with Gasteiger partial charge in [0.05, 0.1) is 0 Å². The van der Waals surface area contributed by atoms with Crippen molar-refractivity contribution >= 4 is 5.96 Å². The predicted octanol–water partition coefficient (Wildman–Crippen LogP) is 2.73. The molecule has 0 aromatic heterocycles. The Morgan fingerprint density at radius 3 is 2.57 bits per heavy atom. The molecule has 0 aliphatic carbocycles. The minimum atomic E-state index is -2.99. The number of rotatable bonds is 6. The number of phenolic OH excluding ortho intramolecular Hbond substituents is 1. The van der Waals surface area contributed by atoms with Gasteiger partial charge in [0.1, 0.15) is 5.75 Å². The number of guanidine groups is 1. The van der Waals surface area contributed by atoms with E-state index in [0.717, 1.165) is 0 Å². The monoisotopic (exact) mass is 397 g/mol. The van der Waals surface area contributed by atoms with Crippen molar-refractivity contribution in [2.24, 2.45) is 4.99 Å². The van der Waals surface area contributed by atoms with E-state index in [2.05, 4.69) is 20.4 Å². The number of nitrogens with one attached hydrogen (secondary N) is 2. The van der Waals surface area contributed by atoms with Gasteiger partial charge in [-0.3, -0.25) is 4.99 Å². The normalized spacial score (nSPS) is 13.0. The molecule has 7 nitrogen and oxygen atoms in total. The topological polar surface area (TPSA) is 84.3 Å². The lowest BCUT2D eigenvalue weighted by atomic mass is 10.1. The van der Waals surface area contributed by atoms with Crippen LogP contribution in [-0.4, -0.2) is 31.5 Å². The average Bonchev–Trinajstić information content (AvgIpc) is 3.11. The molecular weight excluding hydrogens is 379 g/mol. The van der Waals surface area contributed by atoms with Crippen molar-refractivity contribution in [2.45, 2.75) is 19.7 Å². The smallest absolute Gasteiger partial charge is 0.387 e. The van der Waals surface area contributed by atoms with Gasteiger partial charge in [0.25, 0.3) is 0 Å². The summed E-state index contributed by atoms with van der Waals surface area (Å²) in [6.07, 6.45) is 0. The molecule has 1 heterocycles. The SMILES string of the molecule is CN=C(NCc1ccc(O)c(F)c1)NCc1cc2c(cc1OC(F)F)OCO2. The maximum atomic E-state index is 13.4. The van der Waals surface area contributed by atoms with E-state index < -0.39 is 18.2 Å². The summed E-state index contributed by atoms with van der Waals surface area (Å²) in [5, 5.41) is 15.1. The third kappa shape index (κ3) is 4.70. The fourth-order valence-electron chi connectivity index (χ4n) is 2.55. The molecular formula is C18H18F3N3O4. The number of benzene rings is 2. The van der Waals surface area contributed by atoms with Gasteiger partial charge in [-0.1, -0.05) is 6.07 Å². The van der Waals surface area contributed by atoms with Gasteiger partial charge in [0.2, 0.25) is 6.79 Å². The van der Waals surface area contributed by atoms with E-state index in [1.54, 1.807) is 12.1 Å². The summed E-state index contributed by atoms with van der Waals surface area (Å²) in [6.45, 7) is -2.63. The Morgan fingerprint density at radius 1 is 1.18 bits per heavy atom. The molecule has 2 aromatic carbocycles. The largest absolute Gasteiger partial charge is 0.505 e. The molecule has 0 fully saturated rings. The van der Waals surface area contributed by atoms with E-state index in [4.69, 9.17) is 9.47 Å². The summed E-state index contributed by atoms with van der Waals surface area (Å²) in [5.41, 5.74) is 1.01. The number of halogens is 3. The fraction of sp³-hybridized carbons (Fsp3) is 0.278. The van der Waals surface area contributed by atoms with Crippen LogP contribution >= 0.6 is 0 Å². The second kappa shape index (κ2) is 8.59. The highest BCUT2D eigenvalue weighted by Gasteiger charge is 2.20. The van der Waals surface area contributed by atoms with Crippen molar-refractivity contribution in [2.75, 3.05) is 13.8 Å². The number of ether oxygens (including phenoxy) is 3. The van der Waals surface area contributed by atoms with Crippen LogP contribution in [0.1, 0.15) is 11.1 Å². The van der Waals surface area contributed by atoms with Crippen LogP contribution in [-0.2, 0) is 13.1 Å². The quantitative estimate of drug-likeness (QED) is 0.514. The molecule has 3 N–H and O–H groups in total. The third-order valence-electron chi connectivity index (χ3n) is 3.91. The van der Waals surface area contributed by atoms with Crippen LogP contribution in [0.4, 0.5) is 13.2 Å². The number of aliphatic imine (C=N–C) groups is 1. The van der Waals surface area contributed by atoms with Gasteiger partial charge in [-0.05, 0) is 23.8 Å². The summed E-state index contributed by atoms with van der Waals surface area (Å²) in [5.74, 6) is -0.0776. The molecule has 0 saturated carbocycles. The van der Waals surface area contributed by atoms with Crippen LogP contribution in [0.25, 0.3) is 0 Å². The molecule has 1 aliphatic rings. The molecule has 1 aliphatic heterocycles. The summed E-state index contributed by atoms with van der Waals surface area (Å²) in [4.78, 5) is 4.03. The van der Waals surface area contributed by atoms with Crippen LogP contribution in [0, 0.1) is 5.82 Å². The number of hydrogen-bond acceptors (Lipinski definition) is 5. The van der Waals surface area contributed by atoms with Crippen LogP contribution in [0.15, 0.2) is 35.3 Å². The van der Waals surface area contributed by atoms with Crippen molar-refractivity contribution in [3.8, 4) is 23.0 Å². The summed E-state index contributed by atoms with van der Waals surface area (Å²) >= 11 is 0. The standard InChI is InChI=1S/C18H18F3N3O4/c1-22-18(23-7-10-2-3-13(25)12(19)4-10)24-8-11-5-15-16(27-9-26-15)6-14(11)28-17(20)21/h2-6,17,25H,7-9H2,1H3,(H2,22,23,24). The van der Waals surface area contributed by atoms with Crippen molar-refractivity contribution < 1.29 is 32.5 Å². The zero-order valence-corrected chi connectivity index (χ0v) is 14.8. The van der Waals surface area contributed by atoms with Crippen LogP contribution < -0.4 is 24.8 Å². The van der Waals surface area contributed by atoms with E-state index in [0.29, 0.717) is 28.6 Å². The second-order valence-corrected chi connectivity index (χ2v) is 5.76. The van der Waals surface area contributed by atoms with E-state index >= 15 is 0 Å². The molecule has 0 radical (unpaired) electrons. The molecule has 150 valence electrons. The van der Waals surface area contributed by atoms with Gasteiger partial charge < -0.3 is 30.0 Å². The Bertz CT molecular complexity index is 877. The first-order chi connectivity index (χ1) is 13.5. The number of nitrogens with zero attached hydrogens (tertiary/aromatic N) is 1. The number of phenols is 1. The molecule has 0 amide bonds. The highest BCUT2D eigenvalue weighted by atomic mass is 19.3. The van der Waals surface area contributed by atoms with E-state index in [9.17, 15) is 18.3 Å². The van der Waals surface area contributed by atoms with Crippen molar-refractivity contribution in [3.05, 3.63) is 47.3 Å². The van der Waals surface area contributed by atoms with E-state index in [1.165, 1.54) is 25.2 Å². The molecule has 2 aromatic rings. The lowest BCUT2D eigenvalue weighted by Crippen LogP contribution is -2.36. The molecule has 28 heavy (non-hydrogen) atoms. The van der Waals surface area contributed by atoms with Gasteiger partial charge in [-0.25, -0.2) is 4.39 Å². The molecule has 10 heteroatoms. The van der Waals surface area contributed by atoms with Gasteiger partial charge >= 0.3 is 6.61 Å². The van der Waals surface area contributed by atoms with Crippen LogP contribution in [0.5, 0.6) is 23.0 Å². The number of aromatic hydroxyl groups is 1. The Hall–Kier alpha value is -3.30. The molecule has 3 rings (SSSR count). The minimum Gasteiger partial charge on any atom is -0.505 e. The van der Waals surface area contributed by atoms with E-state index in [-0.39, 0.29) is 25.6 Å². The summed E-state index contributed by atoms with van der Waals surface area (Å²) < 4.78 is 53.8. The van der Waals surface area contributed by atoms with Crippen molar-refractivity contribution in [3.63, 3.8) is 0 Å². The highest BCUT2D eigenvalue weighted by Crippen LogP contribution is 2.38. The Balaban J connectivity index is 1.65. The predicted molar refractivity (Wildman–Crippen MR) is 94.3 cm³/mol. The lowest BCUT2D eigenvalue weighted by molar-refractivity contribution is -0.0505. The minimum absolute atomic E-state index is 0.00669. The first kappa shape index (κ1) is 19.5. The molecule has 0 spiro atoms. The highest BCUT2D eigenvalue weighted by molar-refractivity contribution is 5.79. The first-order valence-corrected chi connectivity index (χ1v) is 8.25. The molecule has 0 bridgehead atoms. The summed E-state index contributed by atoms with van der Waals surface area (Å²) in [7, 11) is 1.53. The van der Waals surface area contributed by atoms with Gasteiger partial charge in [-0.15, -0.1) is 0 Å². The number of fused-ring (bicyclic) bond motifs is 1. The lowest BCUT2D eigenvalue weighted by Gasteiger charge is -2.15. The Kier molecular flexibility index (Phi) is 5.97. The third-order valence-corrected chi connectivity index (χ3v) is 3.91. The van der Waals surface area contributed by atoms with Crippen molar-refractivity contribution in [1.82, 2.24) is 10.6 Å². The molecule has 0 saturated heterocycles. The summed E-state index contributed by atoms with van der Waals surface area (Å²) in [6, 6.07) is 6.91. The number of alkyl halides is 2. The average molecular weight is 397 g/mol. The first-order valence-electron chi connectivity index (χ1n) is 8.25. The molecule has 0 unspecified atom stereocenters. The van der Waals surface area contributed by atoms with Crippen LogP contribution in [0.3, 0.4) is 0 Å². The van der Waals surface area contributed by atoms with Gasteiger partial charge in [-0.2, -0.15) is 8.78 Å². The zero-order valence-electron chi connectivity index (χ0n) is 14.8. The van der Waals surface area contributed by atoms with Crippen LogP contribution in [0.2, 0.25) is 0 Å². The maximum absolute atomic E-state index is 13.4. The fourth-order valence-corrected chi connectivity index (χ4v) is 2.55. The van der Waals surface area contributed by atoms with Gasteiger partial charge in [0, 0.05) is 31.8 Å². The maximum Gasteiger partial charge on any atom is 0.387 e.